The highest BCUT2D eigenvalue weighted by atomic mass is 16.5. The summed E-state index contributed by atoms with van der Waals surface area (Å²) in [5.41, 5.74) is 4.29. The molecule has 5 unspecified atom stereocenters. The molecule has 42 heavy (non-hydrogen) atoms. The third kappa shape index (κ3) is 3.82. The van der Waals surface area contributed by atoms with Crippen molar-refractivity contribution in [3.05, 3.63) is 76.7 Å². The Labute approximate surface area is 247 Å². The first-order valence-electron chi connectivity index (χ1n) is 15.4. The zero-order chi connectivity index (χ0) is 29.4. The largest absolute Gasteiger partial charge is 0.469 e. The number of aryl methyl sites for hydroxylation is 1. The van der Waals surface area contributed by atoms with Gasteiger partial charge in [0.05, 0.1) is 23.7 Å². The van der Waals surface area contributed by atoms with Crippen molar-refractivity contribution in [2.45, 2.75) is 77.9 Å². The van der Waals surface area contributed by atoms with E-state index < -0.39 is 17.1 Å². The molecule has 0 radical (unpaired) electrons. The molecule has 2 heterocycles. The number of pyridine rings is 1. The number of allylic oxidation sites excluding steroid dienone is 1. The van der Waals surface area contributed by atoms with Gasteiger partial charge in [0.25, 0.3) is 0 Å². The number of carbonyl (C=O) groups excluding carboxylic acids is 1. The topological polar surface area (TPSA) is 97.5 Å². The summed E-state index contributed by atoms with van der Waals surface area (Å²) >= 11 is 0. The van der Waals surface area contributed by atoms with Crippen LogP contribution in [0.3, 0.4) is 0 Å². The van der Waals surface area contributed by atoms with Crippen LogP contribution >= 0.6 is 0 Å². The maximum Gasteiger partial charge on any atom is 0.216 e. The summed E-state index contributed by atoms with van der Waals surface area (Å²) in [6.07, 6.45) is 9.69. The standard InChI is InChI=1S/C35H41N3O4/c1-21-13-15-36-32(22(21)2)42-20-30(40)35(41)14-12-27-26-11-10-24-16-28-23(19-37-38(28)25-8-6-5-7-9-25)17-33(24,3)31(26)29(39)18-34(27,35)4/h5-9,13,15-16,19,26-27,29,31,39,41H,10-12,14,17-18,20H2,1-4H3/t26?,27?,29-,31?,33?,34?,35-/m0/s1. The number of rotatable bonds is 5. The SMILES string of the molecule is Cc1ccnc(OCC(=O)[C@@]2(O)CCC3C4CCC5=Cc6c(cnn6-c6ccccc6)CC5(C)C4[C@@H](O)CC32C)c1C. The lowest BCUT2D eigenvalue weighted by Gasteiger charge is -2.60. The lowest BCUT2D eigenvalue weighted by Crippen LogP contribution is -2.62. The number of hydrogen-bond donors (Lipinski definition) is 2. The first kappa shape index (κ1) is 27.5. The van der Waals surface area contributed by atoms with Crippen LogP contribution in [0.5, 0.6) is 5.88 Å². The number of nitrogens with zero attached hydrogens (tertiary/aromatic N) is 3. The fourth-order valence-electron chi connectivity index (χ4n) is 9.43. The van der Waals surface area contributed by atoms with E-state index in [2.05, 4.69) is 30.1 Å². The Morgan fingerprint density at radius 2 is 1.93 bits per heavy atom. The number of fused-ring (bicyclic) bond motifs is 6. The molecule has 1 aromatic carbocycles. The van der Waals surface area contributed by atoms with Crippen molar-refractivity contribution in [1.29, 1.82) is 0 Å². The first-order valence-corrected chi connectivity index (χ1v) is 15.4. The smallest absolute Gasteiger partial charge is 0.216 e. The molecule has 7 atom stereocenters. The molecule has 0 amide bonds. The van der Waals surface area contributed by atoms with Crippen LogP contribution in [-0.4, -0.2) is 49.1 Å². The summed E-state index contributed by atoms with van der Waals surface area (Å²) in [5, 5.41) is 28.8. The van der Waals surface area contributed by atoms with Crippen molar-refractivity contribution in [3.63, 3.8) is 0 Å². The first-order chi connectivity index (χ1) is 20.1. The van der Waals surface area contributed by atoms with Gasteiger partial charge in [-0.15, -0.1) is 0 Å². The quantitative estimate of drug-likeness (QED) is 0.428. The van der Waals surface area contributed by atoms with Crippen molar-refractivity contribution < 1.29 is 19.7 Å². The van der Waals surface area contributed by atoms with Crippen LogP contribution in [0.4, 0.5) is 0 Å². The summed E-state index contributed by atoms with van der Waals surface area (Å²) in [7, 11) is 0. The fraction of sp³-hybridized carbons (Fsp3) is 0.514. The maximum absolute atomic E-state index is 13.7. The normalized spacial score (nSPS) is 35.0. The number of para-hydroxylation sites is 1. The molecule has 4 aliphatic carbocycles. The number of aliphatic hydroxyl groups is 2. The molecule has 7 rings (SSSR count). The van der Waals surface area contributed by atoms with Crippen LogP contribution in [0.25, 0.3) is 11.8 Å². The highest BCUT2D eigenvalue weighted by Crippen LogP contribution is 2.67. The maximum atomic E-state index is 13.7. The van der Waals surface area contributed by atoms with E-state index in [1.54, 1.807) is 6.20 Å². The highest BCUT2D eigenvalue weighted by Gasteiger charge is 2.68. The van der Waals surface area contributed by atoms with Crippen LogP contribution in [-0.2, 0) is 11.2 Å². The molecule has 3 saturated carbocycles. The van der Waals surface area contributed by atoms with Gasteiger partial charge in [-0.3, -0.25) is 4.79 Å². The second-order valence-corrected chi connectivity index (χ2v) is 13.8. The number of hydrogen-bond acceptors (Lipinski definition) is 6. The number of ketones is 1. The molecule has 4 aliphatic rings. The van der Waals surface area contributed by atoms with Crippen molar-refractivity contribution in [3.8, 4) is 11.6 Å². The minimum absolute atomic E-state index is 0.0663. The van der Waals surface area contributed by atoms with Crippen molar-refractivity contribution in [2.24, 2.45) is 28.6 Å². The van der Waals surface area contributed by atoms with Gasteiger partial charge in [-0.1, -0.05) is 37.6 Å². The molecule has 0 spiro atoms. The molecule has 0 aliphatic heterocycles. The van der Waals surface area contributed by atoms with Crippen molar-refractivity contribution in [1.82, 2.24) is 14.8 Å². The Bertz CT molecular complexity index is 1580. The van der Waals surface area contributed by atoms with E-state index >= 15 is 0 Å². The number of ether oxygens (including phenoxy) is 1. The molecule has 3 aromatic rings. The number of aliphatic hydroxyl groups excluding tert-OH is 1. The highest BCUT2D eigenvalue weighted by molar-refractivity contribution is 5.90. The van der Waals surface area contributed by atoms with Crippen LogP contribution in [0, 0.1) is 42.4 Å². The molecule has 3 fully saturated rings. The third-order valence-corrected chi connectivity index (χ3v) is 11.8. The Morgan fingerprint density at radius 1 is 1.14 bits per heavy atom. The van der Waals surface area contributed by atoms with E-state index in [4.69, 9.17) is 9.84 Å². The summed E-state index contributed by atoms with van der Waals surface area (Å²) < 4.78 is 7.90. The monoisotopic (exact) mass is 567 g/mol. The van der Waals surface area contributed by atoms with Gasteiger partial charge < -0.3 is 14.9 Å². The predicted molar refractivity (Wildman–Crippen MR) is 160 cm³/mol. The van der Waals surface area contributed by atoms with Crippen LogP contribution in [0.1, 0.15) is 68.3 Å². The second-order valence-electron chi connectivity index (χ2n) is 13.8. The Balaban J connectivity index is 1.15. The van der Waals surface area contributed by atoms with Gasteiger partial charge in [0, 0.05) is 17.2 Å². The minimum atomic E-state index is -1.53. The Hall–Kier alpha value is -3.29. The summed E-state index contributed by atoms with van der Waals surface area (Å²) in [5.74, 6) is 0.582. The van der Waals surface area contributed by atoms with Gasteiger partial charge in [0.1, 0.15) is 5.60 Å². The Morgan fingerprint density at radius 3 is 2.71 bits per heavy atom. The summed E-state index contributed by atoms with van der Waals surface area (Å²) in [6.45, 7) is 8.04. The van der Waals surface area contributed by atoms with Gasteiger partial charge in [-0.25, -0.2) is 9.67 Å². The third-order valence-electron chi connectivity index (χ3n) is 11.8. The van der Waals surface area contributed by atoms with Crippen LogP contribution < -0.4 is 4.74 Å². The molecule has 2 aromatic heterocycles. The van der Waals surface area contributed by atoms with E-state index in [1.165, 1.54) is 11.1 Å². The fourth-order valence-corrected chi connectivity index (χ4v) is 9.43. The molecular weight excluding hydrogens is 526 g/mol. The minimum Gasteiger partial charge on any atom is -0.469 e. The molecule has 0 bridgehead atoms. The van der Waals surface area contributed by atoms with E-state index in [0.717, 1.165) is 48.2 Å². The number of Topliss-reactive ketones (excluding diaryl/α,β-unsaturated/α-hetero) is 1. The van der Waals surface area contributed by atoms with Gasteiger partial charge in [0.15, 0.2) is 6.61 Å². The average molecular weight is 568 g/mol. The van der Waals surface area contributed by atoms with Gasteiger partial charge >= 0.3 is 0 Å². The lowest BCUT2D eigenvalue weighted by molar-refractivity contribution is -0.180. The summed E-state index contributed by atoms with van der Waals surface area (Å²) in [4.78, 5) is 18.0. The van der Waals surface area contributed by atoms with E-state index in [0.29, 0.717) is 18.7 Å². The molecule has 7 nitrogen and oxygen atoms in total. The second kappa shape index (κ2) is 9.61. The van der Waals surface area contributed by atoms with Crippen LogP contribution in [0.2, 0.25) is 0 Å². The van der Waals surface area contributed by atoms with E-state index in [-0.39, 0.29) is 35.6 Å². The van der Waals surface area contributed by atoms with Gasteiger partial charge in [-0.05, 0) is 111 Å². The number of carbonyl (C=O) groups is 1. The zero-order valence-corrected chi connectivity index (χ0v) is 25.0. The molecule has 220 valence electrons. The van der Waals surface area contributed by atoms with E-state index in [9.17, 15) is 15.0 Å². The zero-order valence-electron chi connectivity index (χ0n) is 25.0. The van der Waals surface area contributed by atoms with Crippen LogP contribution in [0.15, 0.2) is 54.4 Å². The molecule has 0 saturated heterocycles. The number of aromatic nitrogens is 3. The molecule has 7 heteroatoms. The van der Waals surface area contributed by atoms with Crippen molar-refractivity contribution in [2.75, 3.05) is 6.61 Å². The average Bonchev–Trinajstić information content (AvgIpc) is 3.49. The predicted octanol–water partition coefficient (Wildman–Crippen LogP) is 5.42. The van der Waals surface area contributed by atoms with Gasteiger partial charge in [0.2, 0.25) is 11.7 Å². The molecular formula is C35H41N3O4. The number of benzene rings is 1. The Kier molecular flexibility index (Phi) is 6.30. The van der Waals surface area contributed by atoms with Crippen molar-refractivity contribution >= 4 is 11.9 Å². The van der Waals surface area contributed by atoms with E-state index in [1.807, 2.05) is 55.9 Å². The molecule has 2 N–H and O–H groups in total. The van der Waals surface area contributed by atoms with Gasteiger partial charge in [-0.2, -0.15) is 5.10 Å². The summed E-state index contributed by atoms with van der Waals surface area (Å²) in [6, 6.07) is 12.1. The lowest BCUT2D eigenvalue weighted by atomic mass is 9.45.